The number of rotatable bonds is 2. The molecule has 0 radical (unpaired) electrons. The van der Waals surface area contributed by atoms with Gasteiger partial charge in [-0.3, -0.25) is 0 Å². The molecule has 2 rings (SSSR count). The number of hydrogen-bond acceptors (Lipinski definition) is 3. The third-order valence-electron chi connectivity index (χ3n) is 1.97. The van der Waals surface area contributed by atoms with Gasteiger partial charge in [-0.15, -0.1) is 0 Å². The maximum Gasteiger partial charge on any atom is 0.283 e. The second-order valence-corrected chi connectivity index (χ2v) is 3.52. The minimum Gasteiger partial charge on any atom is -0.444 e. The Labute approximate surface area is 94.8 Å². The molecule has 3 nitrogen and oxygen atoms in total. The molecule has 2 N–H and O–H groups in total. The van der Waals surface area contributed by atoms with Gasteiger partial charge in [0, 0.05) is 5.69 Å². The SMILES string of the molecule is Nc1ccc(Cl)c(-c2nc(C(F)F)co2)c1. The lowest BCUT2D eigenvalue weighted by Crippen LogP contribution is -1.88. The normalized spacial score (nSPS) is 11.0. The topological polar surface area (TPSA) is 52.0 Å². The number of alkyl halides is 2. The molecule has 0 aliphatic carbocycles. The lowest BCUT2D eigenvalue weighted by Gasteiger charge is -2.00. The standard InChI is InChI=1S/C10H7ClF2N2O/c11-7-2-1-5(14)3-6(7)10-15-8(4-16-10)9(12)13/h1-4,9H,14H2. The van der Waals surface area contributed by atoms with E-state index in [4.69, 9.17) is 21.8 Å². The van der Waals surface area contributed by atoms with Gasteiger partial charge in [-0.1, -0.05) is 11.6 Å². The molecular weight excluding hydrogens is 238 g/mol. The second kappa shape index (κ2) is 4.09. The minimum absolute atomic E-state index is 0.0348. The predicted octanol–water partition coefficient (Wildman–Crippen LogP) is 3.51. The van der Waals surface area contributed by atoms with Crippen LogP contribution in [0.1, 0.15) is 12.1 Å². The van der Waals surface area contributed by atoms with Crippen molar-refractivity contribution in [3.8, 4) is 11.5 Å². The van der Waals surface area contributed by atoms with Gasteiger partial charge in [-0.2, -0.15) is 0 Å². The highest BCUT2D eigenvalue weighted by atomic mass is 35.5. The van der Waals surface area contributed by atoms with Crippen LogP contribution in [0.2, 0.25) is 5.02 Å². The lowest BCUT2D eigenvalue weighted by atomic mass is 10.2. The van der Waals surface area contributed by atoms with Crippen molar-refractivity contribution in [3.63, 3.8) is 0 Å². The largest absolute Gasteiger partial charge is 0.444 e. The van der Waals surface area contributed by atoms with Crippen molar-refractivity contribution in [1.82, 2.24) is 4.98 Å². The van der Waals surface area contributed by atoms with E-state index >= 15 is 0 Å². The first kappa shape index (κ1) is 10.9. The van der Waals surface area contributed by atoms with Crippen LogP contribution in [0.25, 0.3) is 11.5 Å². The summed E-state index contributed by atoms with van der Waals surface area (Å²) in [6.45, 7) is 0. The average molecular weight is 245 g/mol. The van der Waals surface area contributed by atoms with E-state index in [1.165, 1.54) is 6.07 Å². The van der Waals surface area contributed by atoms with Crippen LogP contribution in [-0.2, 0) is 0 Å². The van der Waals surface area contributed by atoms with E-state index in [-0.39, 0.29) is 5.89 Å². The molecule has 2 aromatic rings. The van der Waals surface area contributed by atoms with E-state index in [0.29, 0.717) is 16.3 Å². The Hall–Kier alpha value is -1.62. The molecule has 0 unspecified atom stereocenters. The van der Waals surface area contributed by atoms with Gasteiger partial charge in [0.05, 0.1) is 10.6 Å². The van der Waals surface area contributed by atoms with E-state index in [1.54, 1.807) is 12.1 Å². The number of nitrogens with two attached hydrogens (primary N) is 1. The van der Waals surface area contributed by atoms with Crippen LogP contribution in [0, 0.1) is 0 Å². The summed E-state index contributed by atoms with van der Waals surface area (Å²) in [5.41, 5.74) is 5.98. The summed E-state index contributed by atoms with van der Waals surface area (Å²) < 4.78 is 29.5. The molecule has 0 spiro atoms. The molecule has 1 aromatic heterocycles. The molecule has 1 heterocycles. The molecular formula is C10H7ClF2N2O. The first-order chi connectivity index (χ1) is 7.58. The zero-order chi connectivity index (χ0) is 11.7. The van der Waals surface area contributed by atoms with E-state index < -0.39 is 12.1 Å². The average Bonchev–Trinajstić information content (AvgIpc) is 2.70. The smallest absolute Gasteiger partial charge is 0.283 e. The number of halogens is 3. The number of aromatic nitrogens is 1. The van der Waals surface area contributed by atoms with Gasteiger partial charge in [0.25, 0.3) is 6.43 Å². The molecule has 0 aliphatic rings. The summed E-state index contributed by atoms with van der Waals surface area (Å²) in [4.78, 5) is 3.63. The highest BCUT2D eigenvalue weighted by Gasteiger charge is 2.16. The van der Waals surface area contributed by atoms with Gasteiger partial charge in [0.2, 0.25) is 5.89 Å². The molecule has 0 amide bonds. The van der Waals surface area contributed by atoms with Crippen molar-refractivity contribution in [2.45, 2.75) is 6.43 Å². The summed E-state index contributed by atoms with van der Waals surface area (Å²) in [5, 5.41) is 0.344. The number of hydrogen-bond donors (Lipinski definition) is 1. The van der Waals surface area contributed by atoms with E-state index in [0.717, 1.165) is 6.26 Å². The lowest BCUT2D eigenvalue weighted by molar-refractivity contribution is 0.146. The molecule has 1 aromatic carbocycles. The number of nitrogen functional groups attached to an aromatic ring is 1. The van der Waals surface area contributed by atoms with Crippen molar-refractivity contribution in [1.29, 1.82) is 0 Å². The molecule has 0 bridgehead atoms. The van der Waals surface area contributed by atoms with Crippen molar-refractivity contribution >= 4 is 17.3 Å². The van der Waals surface area contributed by atoms with Crippen LogP contribution >= 0.6 is 11.6 Å². The van der Waals surface area contributed by atoms with Crippen molar-refractivity contribution in [2.24, 2.45) is 0 Å². The Morgan fingerprint density at radius 2 is 2.12 bits per heavy atom. The quantitative estimate of drug-likeness (QED) is 0.823. The highest BCUT2D eigenvalue weighted by Crippen LogP contribution is 2.30. The van der Waals surface area contributed by atoms with Crippen LogP contribution in [0.4, 0.5) is 14.5 Å². The molecule has 16 heavy (non-hydrogen) atoms. The van der Waals surface area contributed by atoms with Gasteiger partial charge >= 0.3 is 0 Å². The zero-order valence-electron chi connectivity index (χ0n) is 7.95. The molecule has 84 valence electrons. The molecule has 6 heteroatoms. The summed E-state index contributed by atoms with van der Waals surface area (Å²) in [7, 11) is 0. The second-order valence-electron chi connectivity index (χ2n) is 3.12. The molecule has 0 aliphatic heterocycles. The van der Waals surface area contributed by atoms with Crippen LogP contribution < -0.4 is 5.73 Å². The Morgan fingerprint density at radius 3 is 2.75 bits per heavy atom. The van der Waals surface area contributed by atoms with Gasteiger partial charge in [-0.05, 0) is 18.2 Å². The molecule has 0 saturated carbocycles. The zero-order valence-corrected chi connectivity index (χ0v) is 8.71. The van der Waals surface area contributed by atoms with Crippen LogP contribution in [-0.4, -0.2) is 4.98 Å². The Balaban J connectivity index is 2.46. The number of nitrogens with zero attached hydrogens (tertiary/aromatic N) is 1. The van der Waals surface area contributed by atoms with Crippen molar-refractivity contribution in [2.75, 3.05) is 5.73 Å². The van der Waals surface area contributed by atoms with Gasteiger partial charge in [-0.25, -0.2) is 13.8 Å². The Morgan fingerprint density at radius 1 is 1.38 bits per heavy atom. The first-order valence-electron chi connectivity index (χ1n) is 4.37. The minimum atomic E-state index is -2.67. The number of benzene rings is 1. The summed E-state index contributed by atoms with van der Waals surface area (Å²) >= 11 is 5.88. The third-order valence-corrected chi connectivity index (χ3v) is 2.30. The van der Waals surface area contributed by atoms with Crippen molar-refractivity contribution < 1.29 is 13.2 Å². The predicted molar refractivity (Wildman–Crippen MR) is 56.3 cm³/mol. The Bertz CT molecular complexity index is 513. The molecule has 0 saturated heterocycles. The van der Waals surface area contributed by atoms with Gasteiger partial charge in [0.1, 0.15) is 12.0 Å². The number of anilines is 1. The fourth-order valence-electron chi connectivity index (χ4n) is 1.22. The van der Waals surface area contributed by atoms with Crippen molar-refractivity contribution in [3.05, 3.63) is 35.2 Å². The summed E-state index contributed by atoms with van der Waals surface area (Å²) in [6.07, 6.45) is -1.77. The third kappa shape index (κ3) is 1.99. The monoisotopic (exact) mass is 244 g/mol. The maximum absolute atomic E-state index is 12.3. The molecule has 0 atom stereocenters. The Kier molecular flexibility index (Phi) is 2.78. The van der Waals surface area contributed by atoms with Gasteiger partial charge < -0.3 is 10.2 Å². The first-order valence-corrected chi connectivity index (χ1v) is 4.74. The fourth-order valence-corrected chi connectivity index (χ4v) is 1.42. The molecule has 0 fully saturated rings. The summed E-state index contributed by atoms with van der Waals surface area (Å²) in [6, 6.07) is 4.67. The summed E-state index contributed by atoms with van der Waals surface area (Å²) in [5.74, 6) is 0.0348. The van der Waals surface area contributed by atoms with Crippen LogP contribution in [0.5, 0.6) is 0 Å². The highest BCUT2D eigenvalue weighted by molar-refractivity contribution is 6.33. The number of oxazole rings is 1. The maximum atomic E-state index is 12.3. The van der Waals surface area contributed by atoms with E-state index in [1.807, 2.05) is 0 Å². The van der Waals surface area contributed by atoms with E-state index in [9.17, 15) is 8.78 Å². The van der Waals surface area contributed by atoms with Gasteiger partial charge in [0.15, 0.2) is 0 Å². The van der Waals surface area contributed by atoms with Crippen LogP contribution in [0.15, 0.2) is 28.9 Å². The van der Waals surface area contributed by atoms with Crippen LogP contribution in [0.3, 0.4) is 0 Å². The fraction of sp³-hybridized carbons (Fsp3) is 0.100. The van der Waals surface area contributed by atoms with E-state index in [2.05, 4.69) is 4.98 Å².